The molecule has 1 amide bonds. The van der Waals surface area contributed by atoms with Crippen LogP contribution in [0.2, 0.25) is 0 Å². The Hall–Kier alpha value is -3.03. The molecule has 2 heterocycles. The summed E-state index contributed by atoms with van der Waals surface area (Å²) in [7, 11) is 0. The van der Waals surface area contributed by atoms with Crippen molar-refractivity contribution in [3.05, 3.63) is 54.6 Å². The average molecular weight is 351 g/mol. The molecule has 1 N–H and O–H groups in total. The molecular weight excluding hydrogens is 330 g/mol. The quantitative estimate of drug-likeness (QED) is 0.762. The molecule has 3 aromatic rings. The van der Waals surface area contributed by atoms with Crippen molar-refractivity contribution in [3.8, 4) is 5.69 Å². The van der Waals surface area contributed by atoms with Crippen LogP contribution in [0.4, 0.5) is 0 Å². The summed E-state index contributed by atoms with van der Waals surface area (Å²) in [5, 5.41) is 18.9. The van der Waals surface area contributed by atoms with Crippen molar-refractivity contribution in [3.63, 3.8) is 0 Å². The third kappa shape index (κ3) is 3.22. The largest absolute Gasteiger partial charge is 0.342 e. The average Bonchev–Trinajstić information content (AvgIpc) is 3.43. The van der Waals surface area contributed by atoms with Gasteiger partial charge in [0.25, 0.3) is 5.91 Å². The Morgan fingerprint density at radius 3 is 2.69 bits per heavy atom. The van der Waals surface area contributed by atoms with Crippen molar-refractivity contribution in [1.29, 1.82) is 0 Å². The van der Waals surface area contributed by atoms with E-state index in [2.05, 4.69) is 30.3 Å². The third-order valence-electron chi connectivity index (χ3n) is 4.88. The molecule has 134 valence electrons. The first-order chi connectivity index (χ1) is 12.7. The summed E-state index contributed by atoms with van der Waals surface area (Å²) >= 11 is 0. The van der Waals surface area contributed by atoms with Crippen molar-refractivity contribution in [2.45, 2.75) is 44.7 Å². The molecule has 1 saturated carbocycles. The highest BCUT2D eigenvalue weighted by molar-refractivity contribution is 5.94. The Morgan fingerprint density at radius 1 is 1.15 bits per heavy atom. The molecule has 0 bridgehead atoms. The van der Waals surface area contributed by atoms with Crippen LogP contribution in [0.1, 0.15) is 60.9 Å². The third-order valence-corrected chi connectivity index (χ3v) is 4.88. The predicted octanol–water partition coefficient (Wildman–Crippen LogP) is 2.46. The fraction of sp³-hybridized carbons (Fsp3) is 0.389. The summed E-state index contributed by atoms with van der Waals surface area (Å²) in [6, 6.07) is 7.57. The maximum absolute atomic E-state index is 12.7. The lowest BCUT2D eigenvalue weighted by Gasteiger charge is -2.19. The zero-order valence-electron chi connectivity index (χ0n) is 14.6. The van der Waals surface area contributed by atoms with E-state index in [-0.39, 0.29) is 11.9 Å². The van der Waals surface area contributed by atoms with E-state index in [0.717, 1.165) is 24.4 Å². The van der Waals surface area contributed by atoms with Gasteiger partial charge in [-0.05, 0) is 38.0 Å². The molecule has 1 fully saturated rings. The van der Waals surface area contributed by atoms with Crippen LogP contribution in [0, 0.1) is 0 Å². The number of nitrogens with one attached hydrogen (secondary N) is 1. The Morgan fingerprint density at radius 2 is 1.92 bits per heavy atom. The molecule has 1 atom stereocenters. The lowest BCUT2D eigenvalue weighted by molar-refractivity contribution is 0.0937. The van der Waals surface area contributed by atoms with E-state index in [1.807, 2.05) is 25.1 Å². The van der Waals surface area contributed by atoms with E-state index in [1.54, 1.807) is 29.6 Å². The van der Waals surface area contributed by atoms with E-state index in [0.29, 0.717) is 11.6 Å². The molecule has 0 radical (unpaired) electrons. The minimum atomic E-state index is -0.218. The standard InChI is InChI=1S/C18H21N7O/c1-13(17-23-21-12-25(17)15-6-2-3-7-15)22-18(26)14-5-4-8-16(9-14)24-10-19-20-11-24/h4-5,8-13,15H,2-3,6-7H2,1H3,(H,22,26)/t13-/m1/s1. The molecule has 2 aromatic heterocycles. The summed E-state index contributed by atoms with van der Waals surface area (Å²) in [5.74, 6) is 0.661. The molecule has 1 aliphatic rings. The van der Waals surface area contributed by atoms with E-state index >= 15 is 0 Å². The Balaban J connectivity index is 1.50. The van der Waals surface area contributed by atoms with Gasteiger partial charge in [-0.3, -0.25) is 9.36 Å². The summed E-state index contributed by atoms with van der Waals surface area (Å²) in [6.07, 6.45) is 9.74. The normalized spacial score (nSPS) is 15.9. The monoisotopic (exact) mass is 351 g/mol. The van der Waals surface area contributed by atoms with E-state index < -0.39 is 0 Å². The van der Waals surface area contributed by atoms with E-state index in [9.17, 15) is 4.79 Å². The zero-order valence-corrected chi connectivity index (χ0v) is 14.6. The molecule has 0 aliphatic heterocycles. The molecule has 0 spiro atoms. The number of aromatic nitrogens is 6. The second-order valence-corrected chi connectivity index (χ2v) is 6.65. The van der Waals surface area contributed by atoms with Gasteiger partial charge in [0.05, 0.1) is 6.04 Å². The molecule has 0 unspecified atom stereocenters. The van der Waals surface area contributed by atoms with E-state index in [1.165, 1.54) is 12.8 Å². The van der Waals surface area contributed by atoms with Gasteiger partial charge < -0.3 is 9.88 Å². The van der Waals surface area contributed by atoms with Gasteiger partial charge in [0.15, 0.2) is 5.82 Å². The van der Waals surface area contributed by atoms with Gasteiger partial charge in [0.1, 0.15) is 19.0 Å². The van der Waals surface area contributed by atoms with Crippen molar-refractivity contribution in [2.24, 2.45) is 0 Å². The number of rotatable bonds is 5. The summed E-state index contributed by atoms with van der Waals surface area (Å²) in [4.78, 5) is 12.7. The first-order valence-corrected chi connectivity index (χ1v) is 8.87. The van der Waals surface area contributed by atoms with Crippen LogP contribution < -0.4 is 5.32 Å². The number of carbonyl (C=O) groups excluding carboxylic acids is 1. The molecule has 8 nitrogen and oxygen atoms in total. The van der Waals surface area contributed by atoms with Crippen LogP contribution in [0.5, 0.6) is 0 Å². The summed E-state index contributed by atoms with van der Waals surface area (Å²) in [6.45, 7) is 1.94. The van der Waals surface area contributed by atoms with Gasteiger partial charge in [-0.25, -0.2) is 0 Å². The van der Waals surface area contributed by atoms with E-state index in [4.69, 9.17) is 0 Å². The van der Waals surface area contributed by atoms with Gasteiger partial charge in [-0.2, -0.15) is 0 Å². The number of hydrogen-bond acceptors (Lipinski definition) is 5. The minimum absolute atomic E-state index is 0.145. The number of hydrogen-bond donors (Lipinski definition) is 1. The van der Waals surface area contributed by atoms with Gasteiger partial charge in [0.2, 0.25) is 0 Å². The minimum Gasteiger partial charge on any atom is -0.342 e. The Bertz CT molecular complexity index is 881. The molecule has 1 aromatic carbocycles. The SMILES string of the molecule is C[C@@H](NC(=O)c1cccc(-n2cnnc2)c1)c1nncn1C1CCCC1. The molecule has 4 rings (SSSR count). The van der Waals surface area contributed by atoms with Gasteiger partial charge in [0, 0.05) is 17.3 Å². The summed E-state index contributed by atoms with van der Waals surface area (Å²) < 4.78 is 3.88. The highest BCUT2D eigenvalue weighted by atomic mass is 16.1. The number of amides is 1. The van der Waals surface area contributed by atoms with Crippen LogP contribution in [-0.4, -0.2) is 35.4 Å². The maximum atomic E-state index is 12.7. The molecular formula is C18H21N7O. The maximum Gasteiger partial charge on any atom is 0.251 e. The smallest absolute Gasteiger partial charge is 0.251 e. The molecule has 1 aliphatic carbocycles. The van der Waals surface area contributed by atoms with Crippen LogP contribution >= 0.6 is 0 Å². The Labute approximate surface area is 151 Å². The second kappa shape index (κ2) is 7.07. The Kier molecular flexibility index (Phi) is 4.47. The number of benzene rings is 1. The number of carbonyl (C=O) groups is 1. The highest BCUT2D eigenvalue weighted by Gasteiger charge is 2.23. The van der Waals surface area contributed by atoms with Crippen LogP contribution in [0.15, 0.2) is 43.2 Å². The van der Waals surface area contributed by atoms with Crippen LogP contribution in [-0.2, 0) is 0 Å². The highest BCUT2D eigenvalue weighted by Crippen LogP contribution is 2.31. The van der Waals surface area contributed by atoms with Crippen LogP contribution in [0.3, 0.4) is 0 Å². The first-order valence-electron chi connectivity index (χ1n) is 8.87. The predicted molar refractivity (Wildman–Crippen MR) is 94.8 cm³/mol. The lowest BCUT2D eigenvalue weighted by atomic mass is 10.1. The fourth-order valence-electron chi connectivity index (χ4n) is 3.51. The second-order valence-electron chi connectivity index (χ2n) is 6.65. The van der Waals surface area contributed by atoms with Crippen LogP contribution in [0.25, 0.3) is 5.69 Å². The molecule has 0 saturated heterocycles. The van der Waals surface area contributed by atoms with Crippen molar-refractivity contribution in [2.75, 3.05) is 0 Å². The van der Waals surface area contributed by atoms with Gasteiger partial charge >= 0.3 is 0 Å². The van der Waals surface area contributed by atoms with Crippen molar-refractivity contribution < 1.29 is 4.79 Å². The van der Waals surface area contributed by atoms with Gasteiger partial charge in [-0.1, -0.05) is 18.9 Å². The fourth-order valence-corrected chi connectivity index (χ4v) is 3.51. The van der Waals surface area contributed by atoms with Crippen molar-refractivity contribution in [1.82, 2.24) is 34.8 Å². The van der Waals surface area contributed by atoms with Crippen molar-refractivity contribution >= 4 is 5.91 Å². The topological polar surface area (TPSA) is 90.5 Å². The zero-order chi connectivity index (χ0) is 17.9. The number of nitrogens with zero attached hydrogens (tertiary/aromatic N) is 6. The first kappa shape index (κ1) is 16.4. The lowest BCUT2D eigenvalue weighted by Crippen LogP contribution is -2.29. The molecule has 26 heavy (non-hydrogen) atoms. The summed E-state index contributed by atoms with van der Waals surface area (Å²) in [5.41, 5.74) is 1.42. The van der Waals surface area contributed by atoms with Gasteiger partial charge in [-0.15, -0.1) is 20.4 Å². The molecule has 8 heteroatoms.